The van der Waals surface area contributed by atoms with Gasteiger partial charge in [0.05, 0.1) is 6.61 Å². The summed E-state index contributed by atoms with van der Waals surface area (Å²) < 4.78 is 22.6. The Morgan fingerprint density at radius 1 is 1.53 bits per heavy atom. The molecule has 106 valence electrons. The first-order valence-corrected chi connectivity index (χ1v) is 7.96. The van der Waals surface area contributed by atoms with Gasteiger partial charge in [0.15, 0.2) is 0 Å². The van der Waals surface area contributed by atoms with E-state index in [1.54, 1.807) is 7.11 Å². The molecule has 5 heteroatoms. The Labute approximate surface area is 127 Å². The van der Waals surface area contributed by atoms with Gasteiger partial charge in [-0.3, -0.25) is 4.68 Å². The van der Waals surface area contributed by atoms with Crippen molar-refractivity contribution in [3.63, 3.8) is 0 Å². The topological polar surface area (TPSA) is 27.1 Å². The molecule has 2 aliphatic carbocycles. The molecule has 1 heterocycles. The lowest BCUT2D eigenvalue weighted by molar-refractivity contribution is 0.0353. The van der Waals surface area contributed by atoms with Gasteiger partial charge in [-0.15, -0.1) is 0 Å². The van der Waals surface area contributed by atoms with Crippen LogP contribution in [0.25, 0.3) is 0 Å². The van der Waals surface area contributed by atoms with Crippen molar-refractivity contribution in [2.75, 3.05) is 13.7 Å². The van der Waals surface area contributed by atoms with Crippen molar-refractivity contribution < 1.29 is 9.13 Å². The Morgan fingerprint density at radius 2 is 2.16 bits per heavy atom. The third-order valence-electron chi connectivity index (χ3n) is 4.50. The summed E-state index contributed by atoms with van der Waals surface area (Å²) in [6, 6.07) is 2.54. The summed E-state index contributed by atoms with van der Waals surface area (Å²) in [4.78, 5) is 0. The molecule has 0 amide bonds. The molecular weight excluding hydrogens is 358 g/mol. The molecule has 0 spiro atoms. The molecule has 2 atom stereocenters. The molecule has 0 radical (unpaired) electrons. The van der Waals surface area contributed by atoms with E-state index in [1.807, 2.05) is 0 Å². The number of rotatable bonds is 4. The van der Waals surface area contributed by atoms with E-state index in [0.717, 1.165) is 3.70 Å². The van der Waals surface area contributed by atoms with E-state index < -0.39 is 5.67 Å². The third-order valence-corrected chi connectivity index (χ3v) is 5.03. The van der Waals surface area contributed by atoms with Crippen molar-refractivity contribution in [1.82, 2.24) is 9.78 Å². The van der Waals surface area contributed by atoms with E-state index in [-0.39, 0.29) is 6.61 Å². The normalized spacial score (nSPS) is 36.8. The second-order valence-corrected chi connectivity index (χ2v) is 7.38. The minimum absolute atomic E-state index is 0.244. The fourth-order valence-corrected chi connectivity index (χ4v) is 4.34. The van der Waals surface area contributed by atoms with Gasteiger partial charge in [0.1, 0.15) is 9.37 Å². The highest BCUT2D eigenvalue weighted by molar-refractivity contribution is 14.1. The number of hydrogen-bond donors (Lipinski definition) is 0. The summed E-state index contributed by atoms with van der Waals surface area (Å²) in [6.07, 6.45) is 1.30. The Balaban J connectivity index is 1.76. The number of hydrogen-bond acceptors (Lipinski definition) is 2. The second-order valence-electron chi connectivity index (χ2n) is 6.28. The zero-order chi connectivity index (χ0) is 13.8. The molecule has 19 heavy (non-hydrogen) atoms. The Kier molecular flexibility index (Phi) is 3.40. The van der Waals surface area contributed by atoms with Crippen LogP contribution in [0.2, 0.25) is 0 Å². The van der Waals surface area contributed by atoms with Gasteiger partial charge in [0, 0.05) is 24.8 Å². The Morgan fingerprint density at radius 3 is 2.68 bits per heavy atom. The lowest BCUT2D eigenvalue weighted by Crippen LogP contribution is -2.27. The van der Waals surface area contributed by atoms with Crippen molar-refractivity contribution in [2.45, 2.75) is 44.3 Å². The van der Waals surface area contributed by atoms with Crippen LogP contribution in [0.1, 0.15) is 44.3 Å². The highest BCUT2D eigenvalue weighted by atomic mass is 127. The summed E-state index contributed by atoms with van der Waals surface area (Å²) in [5.74, 6) is 1.49. The summed E-state index contributed by atoms with van der Waals surface area (Å²) in [5, 5.41) is 4.56. The van der Waals surface area contributed by atoms with Crippen LogP contribution in [0.3, 0.4) is 0 Å². The van der Waals surface area contributed by atoms with Crippen LogP contribution in [0, 0.1) is 15.5 Å². The van der Waals surface area contributed by atoms with Gasteiger partial charge >= 0.3 is 0 Å². The number of methoxy groups -OCH3 is 1. The number of ether oxygens (including phenoxy) is 1. The zero-order valence-corrected chi connectivity index (χ0v) is 13.7. The summed E-state index contributed by atoms with van der Waals surface area (Å²) in [5.41, 5.74) is 0.213. The molecule has 1 aromatic heterocycles. The first-order valence-electron chi connectivity index (χ1n) is 6.88. The Bertz CT molecular complexity index is 476. The first kappa shape index (κ1) is 13.8. The minimum Gasteiger partial charge on any atom is -0.381 e. The van der Waals surface area contributed by atoms with Crippen LogP contribution in [0.15, 0.2) is 6.07 Å². The van der Waals surface area contributed by atoms with Crippen LogP contribution in [0.5, 0.6) is 0 Å². The van der Waals surface area contributed by atoms with Gasteiger partial charge in [0.25, 0.3) is 0 Å². The van der Waals surface area contributed by atoms with E-state index >= 15 is 0 Å². The molecule has 2 saturated carbocycles. The summed E-state index contributed by atoms with van der Waals surface area (Å²) in [7, 11) is 1.58. The average Bonchev–Trinajstić information content (AvgIpc) is 2.70. The largest absolute Gasteiger partial charge is 0.381 e. The molecule has 0 aliphatic heterocycles. The predicted octanol–water partition coefficient (Wildman–Crippen LogP) is 3.55. The van der Waals surface area contributed by atoms with E-state index in [2.05, 4.69) is 52.3 Å². The van der Waals surface area contributed by atoms with Crippen molar-refractivity contribution in [1.29, 1.82) is 0 Å². The molecule has 3 rings (SSSR count). The van der Waals surface area contributed by atoms with Crippen LogP contribution in [0.4, 0.5) is 4.39 Å². The Hall–Kier alpha value is -0.170. The van der Waals surface area contributed by atoms with Crippen molar-refractivity contribution in [3.8, 4) is 0 Å². The van der Waals surface area contributed by atoms with Gasteiger partial charge in [-0.2, -0.15) is 5.10 Å². The molecule has 0 saturated heterocycles. The van der Waals surface area contributed by atoms with Crippen LogP contribution in [-0.4, -0.2) is 29.2 Å². The molecule has 0 aromatic carbocycles. The smallest absolute Gasteiger partial charge is 0.134 e. The maximum absolute atomic E-state index is 14.4. The standard InChI is InChI=1S/C14H20FIN2O/c1-8(2)18-11(4-12(16)17-18)13-9-5-14(15,7-19-3)6-10(9)13/h4,8-10,13H,5-7H2,1-3H3. The summed E-state index contributed by atoms with van der Waals surface area (Å²) in [6.45, 7) is 4.54. The summed E-state index contributed by atoms with van der Waals surface area (Å²) >= 11 is 2.26. The van der Waals surface area contributed by atoms with Gasteiger partial charge in [0.2, 0.25) is 0 Å². The maximum atomic E-state index is 14.4. The number of halogens is 2. The van der Waals surface area contributed by atoms with Crippen molar-refractivity contribution in [3.05, 3.63) is 15.5 Å². The van der Waals surface area contributed by atoms with E-state index in [1.165, 1.54) is 5.69 Å². The van der Waals surface area contributed by atoms with E-state index in [0.29, 0.717) is 36.6 Å². The molecule has 2 unspecified atom stereocenters. The number of nitrogens with zero attached hydrogens (tertiary/aromatic N) is 2. The molecule has 2 aliphatic rings. The van der Waals surface area contributed by atoms with Gasteiger partial charge in [-0.05, 0) is 67.2 Å². The zero-order valence-electron chi connectivity index (χ0n) is 11.6. The number of fused-ring (bicyclic) bond motifs is 1. The maximum Gasteiger partial charge on any atom is 0.134 e. The van der Waals surface area contributed by atoms with E-state index in [9.17, 15) is 4.39 Å². The van der Waals surface area contributed by atoms with Gasteiger partial charge in [-0.25, -0.2) is 4.39 Å². The van der Waals surface area contributed by atoms with Crippen molar-refractivity contribution in [2.24, 2.45) is 11.8 Å². The molecule has 2 fully saturated rings. The monoisotopic (exact) mass is 378 g/mol. The third kappa shape index (κ3) is 2.33. The van der Waals surface area contributed by atoms with Gasteiger partial charge in [-0.1, -0.05) is 0 Å². The fourth-order valence-electron chi connectivity index (χ4n) is 3.79. The SMILES string of the molecule is COCC1(F)CC2C(C1)C2c1cc(I)nn1C(C)C. The quantitative estimate of drug-likeness (QED) is 0.750. The van der Waals surface area contributed by atoms with E-state index in [4.69, 9.17) is 4.74 Å². The molecular formula is C14H20FIN2O. The average molecular weight is 378 g/mol. The van der Waals surface area contributed by atoms with Gasteiger partial charge < -0.3 is 4.74 Å². The lowest BCUT2D eigenvalue weighted by atomic mass is 9.96. The highest BCUT2D eigenvalue weighted by Gasteiger charge is 2.63. The minimum atomic E-state index is -1.09. The molecule has 3 nitrogen and oxygen atoms in total. The fraction of sp³-hybridized carbons (Fsp3) is 0.786. The molecule has 0 N–H and O–H groups in total. The first-order chi connectivity index (χ1) is 8.95. The van der Waals surface area contributed by atoms with Crippen molar-refractivity contribution >= 4 is 22.6 Å². The van der Waals surface area contributed by atoms with Crippen LogP contribution >= 0.6 is 22.6 Å². The second kappa shape index (κ2) is 4.69. The highest BCUT2D eigenvalue weighted by Crippen LogP contribution is 2.66. The molecule has 0 bridgehead atoms. The number of aromatic nitrogens is 2. The van der Waals surface area contributed by atoms with Crippen LogP contribution in [-0.2, 0) is 4.74 Å². The number of alkyl halides is 1. The lowest BCUT2D eigenvalue weighted by Gasteiger charge is -2.22. The van der Waals surface area contributed by atoms with Crippen LogP contribution < -0.4 is 0 Å². The predicted molar refractivity (Wildman–Crippen MR) is 80.0 cm³/mol. The molecule has 1 aromatic rings.